The van der Waals surface area contributed by atoms with E-state index in [4.69, 9.17) is 5.21 Å². The standard InChI is InChI=1S/C31H44N6O6/c1-3-19(2)27-31(42)37-16-10-9-14-25(37)30(41)33-23(13-5-4-6-15-26(38)36-43)28(39)34-24(29(40)35-27)17-20-18-32-22-12-8-7-11-21(20)22/h7-8,11-12,18-19,23-25,27,32,43H,3-6,9-10,13-17H2,1-2H3,(H,33,41)(H,34,39)(H,35,40)(H,36,38)/t19?,23-,24-,25-,27-/m1/s1. The number of carbonyl (C=O) groups is 5. The van der Waals surface area contributed by atoms with Crippen molar-refractivity contribution in [3.8, 4) is 0 Å². The van der Waals surface area contributed by atoms with E-state index >= 15 is 0 Å². The number of amides is 5. The summed E-state index contributed by atoms with van der Waals surface area (Å²) in [5, 5.41) is 18.4. The molecule has 0 aliphatic carbocycles. The molecule has 1 aromatic heterocycles. The third-order valence-corrected chi connectivity index (χ3v) is 8.75. The van der Waals surface area contributed by atoms with Crippen LogP contribution in [0, 0.1) is 5.92 Å². The van der Waals surface area contributed by atoms with Gasteiger partial charge in [0.1, 0.15) is 24.2 Å². The zero-order chi connectivity index (χ0) is 30.9. The van der Waals surface area contributed by atoms with Crippen LogP contribution in [-0.2, 0) is 30.4 Å². The van der Waals surface area contributed by atoms with Crippen LogP contribution >= 0.6 is 0 Å². The van der Waals surface area contributed by atoms with Crippen molar-refractivity contribution in [2.75, 3.05) is 6.54 Å². The van der Waals surface area contributed by atoms with E-state index < -0.39 is 41.9 Å². The number of carbonyl (C=O) groups excluding carboxylic acids is 5. The molecule has 3 heterocycles. The number of benzene rings is 1. The van der Waals surface area contributed by atoms with Crippen molar-refractivity contribution in [1.29, 1.82) is 0 Å². The number of unbranched alkanes of at least 4 members (excludes halogenated alkanes) is 2. The molecular weight excluding hydrogens is 552 g/mol. The zero-order valence-electron chi connectivity index (χ0n) is 25.0. The van der Waals surface area contributed by atoms with Crippen LogP contribution in [0.25, 0.3) is 10.9 Å². The summed E-state index contributed by atoms with van der Waals surface area (Å²) in [6, 6.07) is 4.21. The summed E-state index contributed by atoms with van der Waals surface area (Å²) in [6.07, 6.45) is 6.71. The van der Waals surface area contributed by atoms with Crippen LogP contribution in [0.2, 0.25) is 0 Å². The van der Waals surface area contributed by atoms with Crippen LogP contribution in [-0.4, -0.2) is 75.3 Å². The molecule has 2 saturated heterocycles. The van der Waals surface area contributed by atoms with Gasteiger partial charge in [-0.2, -0.15) is 0 Å². The van der Waals surface area contributed by atoms with Crippen molar-refractivity contribution in [3.05, 3.63) is 36.0 Å². The molecule has 4 rings (SSSR count). The number of piperidine rings is 1. The maximum absolute atomic E-state index is 13.9. The Labute approximate surface area is 251 Å². The molecule has 0 radical (unpaired) electrons. The van der Waals surface area contributed by atoms with E-state index in [0.717, 1.165) is 29.3 Å². The molecule has 2 fully saturated rings. The first-order chi connectivity index (χ1) is 20.7. The van der Waals surface area contributed by atoms with Crippen LogP contribution in [0.4, 0.5) is 0 Å². The maximum atomic E-state index is 13.9. The van der Waals surface area contributed by atoms with E-state index in [9.17, 15) is 24.0 Å². The first-order valence-electron chi connectivity index (χ1n) is 15.4. The second-order valence-corrected chi connectivity index (χ2v) is 11.7. The van der Waals surface area contributed by atoms with Gasteiger partial charge in [0.05, 0.1) is 0 Å². The minimum absolute atomic E-state index is 0.142. The van der Waals surface area contributed by atoms with Crippen LogP contribution in [0.15, 0.2) is 30.5 Å². The predicted octanol–water partition coefficient (Wildman–Crippen LogP) is 2.06. The highest BCUT2D eigenvalue weighted by atomic mass is 16.5. The Hall–Kier alpha value is -3.93. The monoisotopic (exact) mass is 596 g/mol. The smallest absolute Gasteiger partial charge is 0.246 e. The minimum atomic E-state index is -0.990. The molecule has 12 heteroatoms. The fourth-order valence-electron chi connectivity index (χ4n) is 5.99. The molecule has 12 nitrogen and oxygen atoms in total. The third kappa shape index (κ3) is 7.92. The van der Waals surface area contributed by atoms with E-state index in [1.54, 1.807) is 10.4 Å². The number of nitrogens with zero attached hydrogens (tertiary/aromatic N) is 1. The van der Waals surface area contributed by atoms with Gasteiger partial charge in [-0.15, -0.1) is 0 Å². The lowest BCUT2D eigenvalue weighted by atomic mass is 9.93. The summed E-state index contributed by atoms with van der Waals surface area (Å²) in [5.41, 5.74) is 3.35. The molecule has 1 unspecified atom stereocenters. The summed E-state index contributed by atoms with van der Waals surface area (Å²) in [4.78, 5) is 71.3. The van der Waals surface area contributed by atoms with Crippen molar-refractivity contribution in [3.63, 3.8) is 0 Å². The van der Waals surface area contributed by atoms with Crippen LogP contribution in [0.5, 0.6) is 0 Å². The summed E-state index contributed by atoms with van der Waals surface area (Å²) < 4.78 is 0. The molecular formula is C31H44N6O6. The van der Waals surface area contributed by atoms with Gasteiger partial charge in [0.15, 0.2) is 0 Å². The lowest BCUT2D eigenvalue weighted by molar-refractivity contribution is -0.147. The highest BCUT2D eigenvalue weighted by molar-refractivity contribution is 5.98. The number of nitrogens with one attached hydrogen (secondary N) is 5. The van der Waals surface area contributed by atoms with Crippen LogP contribution in [0.3, 0.4) is 0 Å². The lowest BCUT2D eigenvalue weighted by Crippen LogP contribution is -2.64. The van der Waals surface area contributed by atoms with Gasteiger partial charge in [-0.3, -0.25) is 29.2 Å². The van der Waals surface area contributed by atoms with E-state index in [-0.39, 0.29) is 37.0 Å². The molecule has 234 valence electrons. The van der Waals surface area contributed by atoms with Gasteiger partial charge in [0.2, 0.25) is 29.5 Å². The summed E-state index contributed by atoms with van der Waals surface area (Å²) in [6.45, 7) is 4.26. The Bertz CT molecular complexity index is 1310. The highest BCUT2D eigenvalue weighted by Crippen LogP contribution is 2.23. The Morgan fingerprint density at radius 3 is 2.51 bits per heavy atom. The van der Waals surface area contributed by atoms with Gasteiger partial charge in [0.25, 0.3) is 0 Å². The van der Waals surface area contributed by atoms with Gasteiger partial charge < -0.3 is 25.8 Å². The van der Waals surface area contributed by atoms with Gasteiger partial charge in [-0.1, -0.05) is 51.3 Å². The minimum Gasteiger partial charge on any atom is -0.361 e. The molecule has 0 bridgehead atoms. The number of H-pyrrole nitrogens is 1. The van der Waals surface area contributed by atoms with Crippen molar-refractivity contribution < 1.29 is 29.2 Å². The average molecular weight is 597 g/mol. The average Bonchev–Trinajstić information content (AvgIpc) is 3.43. The topological polar surface area (TPSA) is 173 Å². The third-order valence-electron chi connectivity index (χ3n) is 8.75. The van der Waals surface area contributed by atoms with Gasteiger partial charge in [-0.25, -0.2) is 5.48 Å². The zero-order valence-corrected chi connectivity index (χ0v) is 25.0. The van der Waals surface area contributed by atoms with E-state index in [2.05, 4.69) is 20.9 Å². The van der Waals surface area contributed by atoms with E-state index in [1.165, 1.54) is 0 Å². The Kier molecular flexibility index (Phi) is 11.2. The first-order valence-corrected chi connectivity index (χ1v) is 15.4. The molecule has 1 aromatic carbocycles. The van der Waals surface area contributed by atoms with Gasteiger partial charge in [-0.05, 0) is 49.7 Å². The number of hydrogen-bond acceptors (Lipinski definition) is 6. The number of fused-ring (bicyclic) bond motifs is 2. The molecule has 2 aliphatic rings. The predicted molar refractivity (Wildman–Crippen MR) is 160 cm³/mol. The summed E-state index contributed by atoms with van der Waals surface area (Å²) >= 11 is 0. The Balaban J connectivity index is 1.63. The van der Waals surface area contributed by atoms with E-state index in [1.807, 2.05) is 44.3 Å². The van der Waals surface area contributed by atoms with Crippen molar-refractivity contribution in [2.24, 2.45) is 5.92 Å². The second kappa shape index (κ2) is 15.0. The SMILES string of the molecule is CCC(C)[C@H]1NC(=O)[C@@H](Cc2c[nH]c3ccccc23)NC(=O)[C@@H](CCCCCC(=O)NO)NC(=O)[C@H]2CCCCN2C1=O. The largest absolute Gasteiger partial charge is 0.361 e. The molecule has 43 heavy (non-hydrogen) atoms. The number of aromatic nitrogens is 1. The first kappa shape index (κ1) is 32.0. The van der Waals surface area contributed by atoms with Gasteiger partial charge in [0, 0.05) is 36.5 Å². The summed E-state index contributed by atoms with van der Waals surface area (Å²) in [5.74, 6) is -2.26. The number of hydrogen-bond donors (Lipinski definition) is 6. The quantitative estimate of drug-likeness (QED) is 0.139. The lowest BCUT2D eigenvalue weighted by Gasteiger charge is -2.39. The highest BCUT2D eigenvalue weighted by Gasteiger charge is 2.40. The van der Waals surface area contributed by atoms with Crippen LogP contribution < -0.4 is 21.4 Å². The van der Waals surface area contributed by atoms with Crippen molar-refractivity contribution >= 4 is 40.4 Å². The molecule has 6 N–H and O–H groups in total. The Morgan fingerprint density at radius 2 is 1.74 bits per heavy atom. The molecule has 5 amide bonds. The number of aromatic amines is 1. The molecule has 2 aromatic rings. The summed E-state index contributed by atoms with van der Waals surface area (Å²) in [7, 11) is 0. The Morgan fingerprint density at radius 1 is 1.00 bits per heavy atom. The molecule has 0 spiro atoms. The molecule has 0 saturated carbocycles. The van der Waals surface area contributed by atoms with Crippen LogP contribution in [0.1, 0.15) is 77.2 Å². The number of hydroxylamine groups is 1. The van der Waals surface area contributed by atoms with Crippen molar-refractivity contribution in [1.82, 2.24) is 31.3 Å². The maximum Gasteiger partial charge on any atom is 0.246 e. The number of rotatable bonds is 10. The van der Waals surface area contributed by atoms with E-state index in [0.29, 0.717) is 38.6 Å². The normalized spacial score (nSPS) is 24.2. The molecule has 2 aliphatic heterocycles. The fraction of sp³-hybridized carbons (Fsp3) is 0.581. The van der Waals surface area contributed by atoms with Crippen molar-refractivity contribution in [2.45, 2.75) is 102 Å². The second-order valence-electron chi connectivity index (χ2n) is 11.7. The molecule has 5 atom stereocenters. The number of para-hydroxylation sites is 1. The van der Waals surface area contributed by atoms with Gasteiger partial charge >= 0.3 is 0 Å². The fourth-order valence-corrected chi connectivity index (χ4v) is 5.99.